The van der Waals surface area contributed by atoms with Gasteiger partial charge in [-0.1, -0.05) is 60.7 Å². The van der Waals surface area contributed by atoms with Crippen molar-refractivity contribution >= 4 is 11.6 Å². The Morgan fingerprint density at radius 1 is 0.969 bits per heavy atom. The van der Waals surface area contributed by atoms with E-state index in [4.69, 9.17) is 4.98 Å². The van der Waals surface area contributed by atoms with Gasteiger partial charge in [0.2, 0.25) is 5.91 Å². The summed E-state index contributed by atoms with van der Waals surface area (Å²) in [7, 11) is 0. The summed E-state index contributed by atoms with van der Waals surface area (Å²) in [5.41, 5.74) is 6.82. The molecule has 1 aliphatic rings. The van der Waals surface area contributed by atoms with Crippen LogP contribution in [0.25, 0.3) is 16.8 Å². The third kappa shape index (κ3) is 4.30. The normalized spacial score (nSPS) is 17.3. The lowest BCUT2D eigenvalue weighted by atomic mass is 9.96. The standard InChI is InChI=1S/C27H28N4O/c1-20-25(31-15-6-5-9-26(31)29-20)19-30-16-14-28-27(32)24(18-30)17-21-10-12-23(13-11-21)22-7-3-2-4-8-22/h2-13,15,24H,14,16-19H2,1H3,(H,28,32)/t24-/m0/s1. The van der Waals surface area contributed by atoms with Crippen LogP contribution in [0, 0.1) is 12.8 Å². The Hall–Kier alpha value is -3.44. The first kappa shape index (κ1) is 20.5. The fourth-order valence-corrected chi connectivity index (χ4v) is 4.58. The van der Waals surface area contributed by atoms with Gasteiger partial charge < -0.3 is 9.72 Å². The average Bonchev–Trinajstić information content (AvgIpc) is 3.03. The number of nitrogens with zero attached hydrogens (tertiary/aromatic N) is 3. The van der Waals surface area contributed by atoms with Crippen molar-refractivity contribution in [3.05, 3.63) is 95.9 Å². The number of nitrogens with one attached hydrogen (secondary N) is 1. The number of rotatable bonds is 5. The molecule has 4 aromatic rings. The number of benzene rings is 2. The number of fused-ring (bicyclic) bond motifs is 1. The molecule has 0 radical (unpaired) electrons. The van der Waals surface area contributed by atoms with Gasteiger partial charge in [-0.15, -0.1) is 0 Å². The number of imidazole rings is 1. The van der Waals surface area contributed by atoms with E-state index in [-0.39, 0.29) is 11.8 Å². The van der Waals surface area contributed by atoms with Gasteiger partial charge in [0.15, 0.2) is 0 Å². The second-order valence-corrected chi connectivity index (χ2v) is 8.56. The quantitative estimate of drug-likeness (QED) is 0.525. The van der Waals surface area contributed by atoms with Crippen LogP contribution in [0.4, 0.5) is 0 Å². The Morgan fingerprint density at radius 2 is 1.72 bits per heavy atom. The lowest BCUT2D eigenvalue weighted by Crippen LogP contribution is -2.33. The molecule has 0 unspecified atom stereocenters. The maximum Gasteiger partial charge on any atom is 0.224 e. The van der Waals surface area contributed by atoms with E-state index in [1.165, 1.54) is 22.4 Å². The van der Waals surface area contributed by atoms with Crippen molar-refractivity contribution in [3.63, 3.8) is 0 Å². The van der Waals surface area contributed by atoms with Crippen LogP contribution in [-0.4, -0.2) is 39.8 Å². The number of aromatic nitrogens is 2. The molecule has 2 aromatic carbocycles. The maximum atomic E-state index is 12.8. The summed E-state index contributed by atoms with van der Waals surface area (Å²) in [5.74, 6) is 0.0778. The van der Waals surface area contributed by atoms with Crippen molar-refractivity contribution in [1.29, 1.82) is 0 Å². The van der Waals surface area contributed by atoms with Gasteiger partial charge >= 0.3 is 0 Å². The van der Waals surface area contributed by atoms with E-state index in [0.29, 0.717) is 6.54 Å². The third-order valence-electron chi connectivity index (χ3n) is 6.32. The van der Waals surface area contributed by atoms with Crippen LogP contribution in [0.2, 0.25) is 0 Å². The summed E-state index contributed by atoms with van der Waals surface area (Å²) in [6, 6.07) is 25.1. The molecule has 1 atom stereocenters. The van der Waals surface area contributed by atoms with Crippen LogP contribution in [0.5, 0.6) is 0 Å². The molecule has 162 valence electrons. The van der Waals surface area contributed by atoms with Gasteiger partial charge in [-0.25, -0.2) is 4.98 Å². The fourth-order valence-electron chi connectivity index (χ4n) is 4.58. The van der Waals surface area contributed by atoms with E-state index in [1.54, 1.807) is 0 Å². The minimum absolute atomic E-state index is 0.0698. The van der Waals surface area contributed by atoms with Gasteiger partial charge in [-0.3, -0.25) is 9.69 Å². The number of amides is 1. The zero-order valence-electron chi connectivity index (χ0n) is 18.4. The molecule has 1 aliphatic heterocycles. The topological polar surface area (TPSA) is 49.6 Å². The Balaban J connectivity index is 1.31. The molecule has 1 N–H and O–H groups in total. The molecule has 0 bridgehead atoms. The summed E-state index contributed by atoms with van der Waals surface area (Å²) in [6.07, 6.45) is 2.81. The molecule has 0 saturated carbocycles. The molecule has 1 fully saturated rings. The number of carbonyl (C=O) groups is 1. The molecule has 2 aromatic heterocycles. The van der Waals surface area contributed by atoms with E-state index in [1.807, 2.05) is 24.3 Å². The zero-order chi connectivity index (χ0) is 21.9. The van der Waals surface area contributed by atoms with Crippen molar-refractivity contribution in [2.24, 2.45) is 5.92 Å². The second-order valence-electron chi connectivity index (χ2n) is 8.56. The molecule has 3 heterocycles. The SMILES string of the molecule is Cc1nc2ccccn2c1CN1CCNC(=O)[C@@H](Cc2ccc(-c3ccccc3)cc2)C1. The lowest BCUT2D eigenvalue weighted by molar-refractivity contribution is -0.124. The second kappa shape index (κ2) is 8.97. The van der Waals surface area contributed by atoms with E-state index >= 15 is 0 Å². The maximum absolute atomic E-state index is 12.8. The minimum atomic E-state index is -0.0698. The number of pyridine rings is 1. The van der Waals surface area contributed by atoms with Gasteiger partial charge in [0, 0.05) is 32.4 Å². The molecular formula is C27H28N4O. The molecule has 1 saturated heterocycles. The first-order chi connectivity index (χ1) is 15.7. The van der Waals surface area contributed by atoms with Crippen LogP contribution >= 0.6 is 0 Å². The predicted octanol–water partition coefficient (Wildman–Crippen LogP) is 4.10. The van der Waals surface area contributed by atoms with Gasteiger partial charge in [0.1, 0.15) is 5.65 Å². The van der Waals surface area contributed by atoms with Crippen molar-refractivity contribution in [2.75, 3.05) is 19.6 Å². The highest BCUT2D eigenvalue weighted by Gasteiger charge is 2.26. The van der Waals surface area contributed by atoms with E-state index in [2.05, 4.69) is 76.3 Å². The van der Waals surface area contributed by atoms with E-state index in [0.717, 1.165) is 37.4 Å². The van der Waals surface area contributed by atoms with Crippen LogP contribution in [0.15, 0.2) is 79.0 Å². The predicted molar refractivity (Wildman–Crippen MR) is 127 cm³/mol. The number of carbonyl (C=O) groups excluding carboxylic acids is 1. The Labute approximate surface area is 188 Å². The Bertz CT molecular complexity index is 1210. The zero-order valence-corrected chi connectivity index (χ0v) is 18.4. The molecular weight excluding hydrogens is 396 g/mol. The summed E-state index contributed by atoms with van der Waals surface area (Å²) >= 11 is 0. The summed E-state index contributed by atoms with van der Waals surface area (Å²) in [4.78, 5) is 19.8. The summed E-state index contributed by atoms with van der Waals surface area (Å²) < 4.78 is 2.16. The van der Waals surface area contributed by atoms with E-state index < -0.39 is 0 Å². The Morgan fingerprint density at radius 3 is 2.53 bits per heavy atom. The molecule has 0 spiro atoms. The van der Waals surface area contributed by atoms with Crippen LogP contribution in [0.3, 0.4) is 0 Å². The molecule has 5 nitrogen and oxygen atoms in total. The highest BCUT2D eigenvalue weighted by Crippen LogP contribution is 2.22. The number of hydrogen-bond acceptors (Lipinski definition) is 3. The number of aryl methyl sites for hydroxylation is 1. The van der Waals surface area contributed by atoms with Crippen molar-refractivity contribution in [2.45, 2.75) is 19.9 Å². The highest BCUT2D eigenvalue weighted by atomic mass is 16.1. The van der Waals surface area contributed by atoms with Gasteiger partial charge in [-0.2, -0.15) is 0 Å². The van der Waals surface area contributed by atoms with Crippen LogP contribution in [-0.2, 0) is 17.8 Å². The van der Waals surface area contributed by atoms with E-state index in [9.17, 15) is 4.79 Å². The molecule has 5 rings (SSSR count). The van der Waals surface area contributed by atoms with Crippen LogP contribution < -0.4 is 5.32 Å². The third-order valence-corrected chi connectivity index (χ3v) is 6.32. The van der Waals surface area contributed by atoms with Crippen molar-refractivity contribution < 1.29 is 4.79 Å². The summed E-state index contributed by atoms with van der Waals surface area (Å²) in [6.45, 7) is 5.11. The van der Waals surface area contributed by atoms with Gasteiger partial charge in [0.25, 0.3) is 0 Å². The monoisotopic (exact) mass is 424 g/mol. The number of hydrogen-bond donors (Lipinski definition) is 1. The van der Waals surface area contributed by atoms with Crippen molar-refractivity contribution in [1.82, 2.24) is 19.6 Å². The largest absolute Gasteiger partial charge is 0.355 e. The lowest BCUT2D eigenvalue weighted by Gasteiger charge is -2.23. The smallest absolute Gasteiger partial charge is 0.224 e. The molecule has 5 heteroatoms. The van der Waals surface area contributed by atoms with Gasteiger partial charge in [0.05, 0.1) is 17.3 Å². The summed E-state index contributed by atoms with van der Waals surface area (Å²) in [5, 5.41) is 3.11. The molecule has 1 amide bonds. The van der Waals surface area contributed by atoms with Crippen LogP contribution in [0.1, 0.15) is 17.0 Å². The molecule has 32 heavy (non-hydrogen) atoms. The fraction of sp³-hybridized carbons (Fsp3) is 0.259. The Kier molecular flexibility index (Phi) is 5.73. The first-order valence-electron chi connectivity index (χ1n) is 11.2. The van der Waals surface area contributed by atoms with Crippen molar-refractivity contribution in [3.8, 4) is 11.1 Å². The highest BCUT2D eigenvalue weighted by molar-refractivity contribution is 5.79. The minimum Gasteiger partial charge on any atom is -0.355 e. The van der Waals surface area contributed by atoms with Gasteiger partial charge in [-0.05, 0) is 42.2 Å². The molecule has 0 aliphatic carbocycles. The average molecular weight is 425 g/mol. The first-order valence-corrected chi connectivity index (χ1v) is 11.2.